The number of carbonyl (C=O) groups is 2. The SMILES string of the molecule is CCCNC(=O)c1cccc(C(=O)NCC2(O)CCCCCC2)c1. The molecule has 132 valence electrons. The zero-order valence-electron chi connectivity index (χ0n) is 14.4. The minimum atomic E-state index is -0.803. The first-order valence-corrected chi connectivity index (χ1v) is 8.93. The van der Waals surface area contributed by atoms with Crippen LogP contribution in [0.2, 0.25) is 0 Å². The van der Waals surface area contributed by atoms with Crippen molar-refractivity contribution in [1.29, 1.82) is 0 Å². The molecule has 24 heavy (non-hydrogen) atoms. The molecule has 0 heterocycles. The molecule has 0 unspecified atom stereocenters. The Morgan fingerprint density at radius 1 is 1.04 bits per heavy atom. The summed E-state index contributed by atoms with van der Waals surface area (Å²) in [4.78, 5) is 24.3. The van der Waals surface area contributed by atoms with Crippen LogP contribution in [0.4, 0.5) is 0 Å². The Balaban J connectivity index is 1.95. The van der Waals surface area contributed by atoms with Crippen molar-refractivity contribution in [2.24, 2.45) is 0 Å². The summed E-state index contributed by atoms with van der Waals surface area (Å²) in [5.74, 6) is -0.424. The lowest BCUT2D eigenvalue weighted by molar-refractivity contribution is 0.0246. The topological polar surface area (TPSA) is 78.4 Å². The third kappa shape index (κ3) is 5.34. The number of benzene rings is 1. The quantitative estimate of drug-likeness (QED) is 0.701. The summed E-state index contributed by atoms with van der Waals surface area (Å²) < 4.78 is 0. The van der Waals surface area contributed by atoms with Gasteiger partial charge >= 0.3 is 0 Å². The number of rotatable bonds is 6. The highest BCUT2D eigenvalue weighted by atomic mass is 16.3. The van der Waals surface area contributed by atoms with Crippen molar-refractivity contribution in [3.63, 3.8) is 0 Å². The van der Waals surface area contributed by atoms with E-state index in [9.17, 15) is 14.7 Å². The molecule has 0 spiro atoms. The number of nitrogens with one attached hydrogen (secondary N) is 2. The van der Waals surface area contributed by atoms with E-state index in [0.29, 0.717) is 17.7 Å². The van der Waals surface area contributed by atoms with Crippen molar-refractivity contribution in [2.75, 3.05) is 13.1 Å². The van der Waals surface area contributed by atoms with E-state index < -0.39 is 5.60 Å². The summed E-state index contributed by atoms with van der Waals surface area (Å²) in [5, 5.41) is 16.2. The van der Waals surface area contributed by atoms with Gasteiger partial charge in [-0.05, 0) is 37.5 Å². The van der Waals surface area contributed by atoms with Gasteiger partial charge in [0.2, 0.25) is 0 Å². The number of aliphatic hydroxyl groups is 1. The molecule has 2 rings (SSSR count). The monoisotopic (exact) mass is 332 g/mol. The summed E-state index contributed by atoms with van der Waals surface area (Å²) in [6, 6.07) is 6.68. The molecule has 1 aromatic carbocycles. The largest absolute Gasteiger partial charge is 0.388 e. The third-order valence-electron chi connectivity index (χ3n) is 4.53. The van der Waals surface area contributed by atoms with Crippen LogP contribution in [0, 0.1) is 0 Å². The molecule has 1 fully saturated rings. The Hall–Kier alpha value is -1.88. The van der Waals surface area contributed by atoms with Crippen molar-refractivity contribution in [1.82, 2.24) is 10.6 Å². The molecule has 1 aromatic rings. The van der Waals surface area contributed by atoms with E-state index in [1.165, 1.54) is 0 Å². The van der Waals surface area contributed by atoms with Crippen LogP contribution in [-0.2, 0) is 0 Å². The van der Waals surface area contributed by atoms with Gasteiger partial charge in [0.05, 0.1) is 5.60 Å². The van der Waals surface area contributed by atoms with Gasteiger partial charge in [-0.15, -0.1) is 0 Å². The van der Waals surface area contributed by atoms with Gasteiger partial charge in [-0.3, -0.25) is 9.59 Å². The Bertz CT molecular complexity index is 563. The van der Waals surface area contributed by atoms with Crippen LogP contribution in [0.5, 0.6) is 0 Å². The van der Waals surface area contributed by atoms with Gasteiger partial charge in [-0.2, -0.15) is 0 Å². The van der Waals surface area contributed by atoms with Crippen molar-refractivity contribution >= 4 is 11.8 Å². The first-order valence-electron chi connectivity index (χ1n) is 8.93. The van der Waals surface area contributed by atoms with Crippen LogP contribution in [0.15, 0.2) is 24.3 Å². The predicted molar refractivity (Wildman–Crippen MR) is 94.1 cm³/mol. The van der Waals surface area contributed by atoms with Crippen LogP contribution < -0.4 is 10.6 Å². The molecule has 1 aliphatic rings. The average Bonchev–Trinajstić information content (AvgIpc) is 2.82. The Morgan fingerprint density at radius 3 is 2.21 bits per heavy atom. The summed E-state index contributed by atoms with van der Waals surface area (Å²) in [5.41, 5.74) is 0.114. The fourth-order valence-corrected chi connectivity index (χ4v) is 3.05. The van der Waals surface area contributed by atoms with Crippen LogP contribution >= 0.6 is 0 Å². The van der Waals surface area contributed by atoms with Crippen LogP contribution in [0.1, 0.15) is 72.6 Å². The minimum Gasteiger partial charge on any atom is -0.388 e. The van der Waals surface area contributed by atoms with Gasteiger partial charge in [-0.25, -0.2) is 0 Å². The molecule has 0 saturated heterocycles. The first-order chi connectivity index (χ1) is 11.5. The Labute approximate surface area is 143 Å². The molecular weight excluding hydrogens is 304 g/mol. The maximum Gasteiger partial charge on any atom is 0.251 e. The highest BCUT2D eigenvalue weighted by Crippen LogP contribution is 2.26. The van der Waals surface area contributed by atoms with Crippen molar-refractivity contribution in [2.45, 2.75) is 57.5 Å². The molecule has 0 aliphatic heterocycles. The second kappa shape index (κ2) is 8.83. The number of amides is 2. The van der Waals surface area contributed by atoms with Gasteiger partial charge in [-0.1, -0.05) is 38.7 Å². The van der Waals surface area contributed by atoms with Crippen LogP contribution in [0.25, 0.3) is 0 Å². The second-order valence-corrected chi connectivity index (χ2v) is 6.66. The zero-order valence-corrected chi connectivity index (χ0v) is 14.4. The number of carbonyl (C=O) groups excluding carboxylic acids is 2. The van der Waals surface area contributed by atoms with Gasteiger partial charge in [0.15, 0.2) is 0 Å². The fourth-order valence-electron chi connectivity index (χ4n) is 3.05. The third-order valence-corrected chi connectivity index (χ3v) is 4.53. The predicted octanol–water partition coefficient (Wildman–Crippen LogP) is 2.64. The fraction of sp³-hybridized carbons (Fsp3) is 0.579. The summed E-state index contributed by atoms with van der Waals surface area (Å²) in [6.45, 7) is 2.86. The van der Waals surface area contributed by atoms with Gasteiger partial charge in [0.25, 0.3) is 11.8 Å². The average molecular weight is 332 g/mol. The number of hydrogen-bond donors (Lipinski definition) is 3. The highest BCUT2D eigenvalue weighted by molar-refractivity contribution is 5.99. The molecule has 3 N–H and O–H groups in total. The molecule has 1 saturated carbocycles. The van der Waals surface area contributed by atoms with Crippen molar-refractivity contribution < 1.29 is 14.7 Å². The number of hydrogen-bond acceptors (Lipinski definition) is 3. The lowest BCUT2D eigenvalue weighted by atomic mass is 9.94. The Morgan fingerprint density at radius 2 is 1.62 bits per heavy atom. The van der Waals surface area contributed by atoms with Crippen molar-refractivity contribution in [3.05, 3.63) is 35.4 Å². The summed E-state index contributed by atoms with van der Waals surface area (Å²) in [7, 11) is 0. The van der Waals surface area contributed by atoms with E-state index in [1.807, 2.05) is 6.92 Å². The summed E-state index contributed by atoms with van der Waals surface area (Å²) >= 11 is 0. The van der Waals surface area contributed by atoms with Gasteiger partial charge in [0.1, 0.15) is 0 Å². The molecule has 0 aromatic heterocycles. The standard InChI is InChI=1S/C19H28N2O3/c1-2-12-20-17(22)15-8-7-9-16(13-15)18(23)21-14-19(24)10-5-3-4-6-11-19/h7-9,13,24H,2-6,10-12,14H2,1H3,(H,20,22)(H,21,23). The van der Waals surface area contributed by atoms with Crippen molar-refractivity contribution in [3.8, 4) is 0 Å². The summed E-state index contributed by atoms with van der Waals surface area (Å²) in [6.07, 6.45) is 6.61. The molecule has 1 aliphatic carbocycles. The zero-order chi connectivity index (χ0) is 17.4. The molecule has 5 nitrogen and oxygen atoms in total. The smallest absolute Gasteiger partial charge is 0.251 e. The normalized spacial score (nSPS) is 16.9. The van der Waals surface area contributed by atoms with E-state index >= 15 is 0 Å². The first kappa shape index (κ1) is 18.5. The van der Waals surface area contributed by atoms with E-state index in [1.54, 1.807) is 24.3 Å². The molecule has 0 atom stereocenters. The molecular formula is C19H28N2O3. The molecule has 0 bridgehead atoms. The lowest BCUT2D eigenvalue weighted by Gasteiger charge is -2.26. The van der Waals surface area contributed by atoms with Gasteiger partial charge < -0.3 is 15.7 Å². The Kier molecular flexibility index (Phi) is 6.79. The maximum atomic E-state index is 12.4. The van der Waals surface area contributed by atoms with Crippen LogP contribution in [0.3, 0.4) is 0 Å². The van der Waals surface area contributed by atoms with E-state index in [-0.39, 0.29) is 18.4 Å². The van der Waals surface area contributed by atoms with Crippen LogP contribution in [-0.4, -0.2) is 35.6 Å². The molecule has 5 heteroatoms. The lowest BCUT2D eigenvalue weighted by Crippen LogP contribution is -2.42. The van der Waals surface area contributed by atoms with E-state index in [0.717, 1.165) is 44.9 Å². The highest BCUT2D eigenvalue weighted by Gasteiger charge is 2.28. The molecule has 0 radical (unpaired) electrons. The maximum absolute atomic E-state index is 12.4. The molecule has 2 amide bonds. The second-order valence-electron chi connectivity index (χ2n) is 6.66. The van der Waals surface area contributed by atoms with E-state index in [4.69, 9.17) is 0 Å². The minimum absolute atomic E-state index is 0.172. The van der Waals surface area contributed by atoms with E-state index in [2.05, 4.69) is 10.6 Å². The van der Waals surface area contributed by atoms with Gasteiger partial charge in [0, 0.05) is 24.2 Å².